The fourth-order valence-corrected chi connectivity index (χ4v) is 4.56. The SMILES string of the molecule is CC(=O)Nc1cccc([P@](=O)(Oc2ccccc2)c2ccccc2)c1. The lowest BCUT2D eigenvalue weighted by molar-refractivity contribution is -0.114. The number of para-hydroxylation sites is 1. The first kappa shape index (κ1) is 17.0. The van der Waals surface area contributed by atoms with Crippen molar-refractivity contribution in [3.63, 3.8) is 0 Å². The van der Waals surface area contributed by atoms with Crippen LogP contribution in [0.2, 0.25) is 0 Å². The molecule has 0 unspecified atom stereocenters. The van der Waals surface area contributed by atoms with Gasteiger partial charge in [0.1, 0.15) is 5.75 Å². The molecule has 0 aliphatic rings. The van der Waals surface area contributed by atoms with Gasteiger partial charge in [0.05, 0.1) is 10.6 Å². The van der Waals surface area contributed by atoms with E-state index in [9.17, 15) is 9.36 Å². The molecule has 5 heteroatoms. The second-order valence-electron chi connectivity index (χ2n) is 5.52. The summed E-state index contributed by atoms with van der Waals surface area (Å²) in [7, 11) is -3.37. The van der Waals surface area contributed by atoms with Gasteiger partial charge in [-0.15, -0.1) is 0 Å². The summed E-state index contributed by atoms with van der Waals surface area (Å²) in [6.45, 7) is 1.43. The van der Waals surface area contributed by atoms with Gasteiger partial charge < -0.3 is 9.84 Å². The highest BCUT2D eigenvalue weighted by Crippen LogP contribution is 2.45. The summed E-state index contributed by atoms with van der Waals surface area (Å²) in [6, 6.07) is 25.1. The molecule has 3 aromatic rings. The van der Waals surface area contributed by atoms with E-state index in [-0.39, 0.29) is 5.91 Å². The number of anilines is 1. The predicted molar refractivity (Wildman–Crippen MR) is 101 cm³/mol. The van der Waals surface area contributed by atoms with Crippen LogP contribution in [0.3, 0.4) is 0 Å². The Labute approximate surface area is 146 Å². The summed E-state index contributed by atoms with van der Waals surface area (Å²) in [5.74, 6) is 0.343. The minimum atomic E-state index is -3.37. The van der Waals surface area contributed by atoms with Crippen molar-refractivity contribution < 1.29 is 13.9 Å². The summed E-state index contributed by atoms with van der Waals surface area (Å²) in [5, 5.41) is 3.84. The molecule has 0 radical (unpaired) electrons. The molecule has 0 fully saturated rings. The lowest BCUT2D eigenvalue weighted by atomic mass is 10.3. The average Bonchev–Trinajstić information content (AvgIpc) is 2.63. The van der Waals surface area contributed by atoms with Crippen molar-refractivity contribution in [1.82, 2.24) is 0 Å². The van der Waals surface area contributed by atoms with E-state index in [1.807, 2.05) is 36.4 Å². The van der Waals surface area contributed by atoms with Crippen molar-refractivity contribution in [2.75, 3.05) is 5.32 Å². The molecule has 0 aliphatic heterocycles. The third kappa shape index (κ3) is 3.98. The molecular formula is C20H18NO3P. The Morgan fingerprint density at radius 3 is 2.08 bits per heavy atom. The molecule has 25 heavy (non-hydrogen) atoms. The van der Waals surface area contributed by atoms with Crippen LogP contribution in [0.4, 0.5) is 5.69 Å². The summed E-state index contributed by atoms with van der Waals surface area (Å²) in [4.78, 5) is 11.3. The Kier molecular flexibility index (Phi) is 5.01. The Bertz CT molecular complexity index is 910. The van der Waals surface area contributed by atoms with Gasteiger partial charge in [0.25, 0.3) is 0 Å². The normalized spacial score (nSPS) is 12.8. The van der Waals surface area contributed by atoms with Gasteiger partial charge >= 0.3 is 7.37 Å². The number of amides is 1. The van der Waals surface area contributed by atoms with Gasteiger partial charge in [-0.25, -0.2) is 0 Å². The number of rotatable bonds is 5. The highest BCUT2D eigenvalue weighted by Gasteiger charge is 2.30. The lowest BCUT2D eigenvalue weighted by Crippen LogP contribution is -2.21. The van der Waals surface area contributed by atoms with Gasteiger partial charge in [-0.05, 0) is 42.5 Å². The second-order valence-corrected chi connectivity index (χ2v) is 7.84. The largest absolute Gasteiger partial charge is 0.437 e. The van der Waals surface area contributed by atoms with Crippen molar-refractivity contribution in [3.8, 4) is 5.75 Å². The lowest BCUT2D eigenvalue weighted by Gasteiger charge is -2.21. The Hall–Kier alpha value is -2.84. The van der Waals surface area contributed by atoms with Gasteiger partial charge in [0, 0.05) is 12.6 Å². The first-order valence-electron chi connectivity index (χ1n) is 7.86. The van der Waals surface area contributed by atoms with E-state index in [0.717, 1.165) is 0 Å². The number of nitrogens with one attached hydrogen (secondary N) is 1. The quantitative estimate of drug-likeness (QED) is 0.708. The van der Waals surface area contributed by atoms with Crippen molar-refractivity contribution in [1.29, 1.82) is 0 Å². The Morgan fingerprint density at radius 2 is 1.44 bits per heavy atom. The molecule has 1 amide bonds. The molecule has 0 spiro atoms. The zero-order valence-corrected chi connectivity index (χ0v) is 14.6. The Morgan fingerprint density at radius 1 is 0.840 bits per heavy atom. The van der Waals surface area contributed by atoms with Crippen molar-refractivity contribution in [3.05, 3.63) is 84.9 Å². The van der Waals surface area contributed by atoms with Crippen molar-refractivity contribution >= 4 is 29.6 Å². The van der Waals surface area contributed by atoms with Crippen molar-refractivity contribution in [2.45, 2.75) is 6.92 Å². The van der Waals surface area contributed by atoms with Gasteiger partial charge in [0.2, 0.25) is 5.91 Å². The molecule has 126 valence electrons. The molecule has 3 rings (SSSR count). The smallest absolute Gasteiger partial charge is 0.306 e. The number of hydrogen-bond donors (Lipinski definition) is 1. The van der Waals surface area contributed by atoms with Crippen LogP contribution in [0.5, 0.6) is 5.75 Å². The van der Waals surface area contributed by atoms with E-state index < -0.39 is 7.37 Å². The van der Waals surface area contributed by atoms with Crippen LogP contribution in [0.25, 0.3) is 0 Å². The third-order valence-electron chi connectivity index (χ3n) is 3.58. The van der Waals surface area contributed by atoms with E-state index in [1.165, 1.54) is 6.92 Å². The van der Waals surface area contributed by atoms with Crippen LogP contribution in [0.1, 0.15) is 6.92 Å². The van der Waals surface area contributed by atoms with Gasteiger partial charge in [-0.3, -0.25) is 9.36 Å². The van der Waals surface area contributed by atoms with Crippen LogP contribution in [-0.4, -0.2) is 5.91 Å². The molecule has 0 bridgehead atoms. The standard InChI is InChI=1S/C20H18NO3P/c1-16(22)21-17-9-8-14-20(15-17)25(23,19-12-6-3-7-13-19)24-18-10-4-2-5-11-18/h2-15H,1H3,(H,21,22)/t25-/m1/s1. The van der Waals surface area contributed by atoms with Crippen LogP contribution >= 0.6 is 7.37 Å². The summed E-state index contributed by atoms with van der Waals surface area (Å²) in [6.07, 6.45) is 0. The first-order chi connectivity index (χ1) is 12.1. The minimum absolute atomic E-state index is 0.185. The van der Waals surface area contributed by atoms with Crippen LogP contribution < -0.4 is 20.4 Å². The molecular weight excluding hydrogens is 333 g/mol. The summed E-state index contributed by atoms with van der Waals surface area (Å²) in [5.41, 5.74) is 0.581. The monoisotopic (exact) mass is 351 g/mol. The predicted octanol–water partition coefficient (Wildman–Crippen LogP) is 3.95. The van der Waals surface area contributed by atoms with E-state index in [0.29, 0.717) is 22.0 Å². The fourth-order valence-electron chi connectivity index (χ4n) is 2.48. The molecule has 0 aliphatic carbocycles. The van der Waals surface area contributed by atoms with Crippen LogP contribution in [-0.2, 0) is 9.36 Å². The third-order valence-corrected chi connectivity index (χ3v) is 5.98. The maximum Gasteiger partial charge on any atom is 0.306 e. The number of carbonyl (C=O) groups is 1. The first-order valence-corrected chi connectivity index (χ1v) is 9.49. The summed E-state index contributed by atoms with van der Waals surface area (Å²) < 4.78 is 19.9. The molecule has 0 heterocycles. The zero-order valence-electron chi connectivity index (χ0n) is 13.8. The van der Waals surface area contributed by atoms with E-state index >= 15 is 0 Å². The molecule has 0 saturated carbocycles. The molecule has 1 atom stereocenters. The molecule has 3 aromatic carbocycles. The van der Waals surface area contributed by atoms with E-state index in [1.54, 1.807) is 48.5 Å². The fraction of sp³-hybridized carbons (Fsp3) is 0.0500. The zero-order chi connectivity index (χ0) is 17.7. The van der Waals surface area contributed by atoms with Crippen LogP contribution in [0, 0.1) is 0 Å². The number of carbonyl (C=O) groups excluding carboxylic acids is 1. The van der Waals surface area contributed by atoms with Gasteiger partial charge in [-0.2, -0.15) is 0 Å². The topological polar surface area (TPSA) is 55.4 Å². The maximum atomic E-state index is 13.9. The van der Waals surface area contributed by atoms with Gasteiger partial charge in [0.15, 0.2) is 0 Å². The number of hydrogen-bond acceptors (Lipinski definition) is 3. The highest BCUT2D eigenvalue weighted by molar-refractivity contribution is 7.74. The van der Waals surface area contributed by atoms with Crippen LogP contribution in [0.15, 0.2) is 84.9 Å². The minimum Gasteiger partial charge on any atom is -0.437 e. The second kappa shape index (κ2) is 7.37. The molecule has 0 aromatic heterocycles. The highest BCUT2D eigenvalue weighted by atomic mass is 31.2. The Balaban J connectivity index is 2.09. The average molecular weight is 351 g/mol. The summed E-state index contributed by atoms with van der Waals surface area (Å²) >= 11 is 0. The van der Waals surface area contributed by atoms with Gasteiger partial charge in [-0.1, -0.05) is 42.5 Å². The maximum absolute atomic E-state index is 13.9. The van der Waals surface area contributed by atoms with Crippen molar-refractivity contribution in [2.24, 2.45) is 0 Å². The molecule has 0 saturated heterocycles. The van der Waals surface area contributed by atoms with E-state index in [4.69, 9.17) is 4.52 Å². The molecule has 1 N–H and O–H groups in total. The van der Waals surface area contributed by atoms with E-state index in [2.05, 4.69) is 5.32 Å². The molecule has 4 nitrogen and oxygen atoms in total. The number of benzene rings is 3.